The smallest absolute Gasteiger partial charge is 0.352 e. The van der Waals surface area contributed by atoms with Crippen molar-refractivity contribution in [1.82, 2.24) is 25.1 Å². The third kappa shape index (κ3) is 4.73. The van der Waals surface area contributed by atoms with Gasteiger partial charge in [-0.25, -0.2) is 14.6 Å². The van der Waals surface area contributed by atoms with Crippen LogP contribution in [0.5, 0.6) is 0 Å². The summed E-state index contributed by atoms with van der Waals surface area (Å²) < 4.78 is 40.8. The molecule has 2 rings (SSSR count). The van der Waals surface area contributed by atoms with Gasteiger partial charge in [-0.3, -0.25) is 4.79 Å². The van der Waals surface area contributed by atoms with Crippen LogP contribution in [-0.2, 0) is 0 Å². The minimum atomic E-state index is -4.47. The van der Waals surface area contributed by atoms with Crippen molar-refractivity contribution in [3.05, 3.63) is 28.4 Å². The Morgan fingerprint density at radius 1 is 1.36 bits per heavy atom. The second kappa shape index (κ2) is 8.34. The van der Waals surface area contributed by atoms with Gasteiger partial charge in [0.25, 0.3) is 5.91 Å². The first kappa shape index (κ1) is 21.9. The lowest BCUT2D eigenvalue weighted by Gasteiger charge is -2.26. The lowest BCUT2D eigenvalue weighted by Crippen LogP contribution is -2.36. The van der Waals surface area contributed by atoms with Crippen molar-refractivity contribution in [3.8, 4) is 5.69 Å². The van der Waals surface area contributed by atoms with Gasteiger partial charge in [0.05, 0.1) is 5.69 Å². The Morgan fingerprint density at radius 2 is 2.00 bits per heavy atom. The molecule has 2 heterocycles. The number of rotatable bonds is 6. The highest BCUT2D eigenvalue weighted by Crippen LogP contribution is 2.33. The number of alkyl halides is 3. The standard InChI is InChI=1S/C17H22ClF3N6O/c1-6-26(8-17(19,20)21)15-12(13(18)23-14(24-15)16(28)22-5)27-11(9(2)3)7-10(4)25-27/h7,9H,6,8H2,1-5H3,(H,22,28). The molecule has 2 aromatic rings. The molecule has 0 aliphatic rings. The van der Waals surface area contributed by atoms with Gasteiger partial charge in [-0.05, 0) is 25.8 Å². The van der Waals surface area contributed by atoms with E-state index in [9.17, 15) is 18.0 Å². The van der Waals surface area contributed by atoms with Crippen molar-refractivity contribution in [1.29, 1.82) is 0 Å². The number of carbonyl (C=O) groups is 1. The number of anilines is 1. The van der Waals surface area contributed by atoms with Gasteiger partial charge >= 0.3 is 6.18 Å². The minimum Gasteiger partial charge on any atom is -0.352 e. The van der Waals surface area contributed by atoms with E-state index in [1.807, 2.05) is 19.9 Å². The molecular formula is C17H22ClF3N6O. The highest BCUT2D eigenvalue weighted by molar-refractivity contribution is 6.31. The molecule has 0 unspecified atom stereocenters. The van der Waals surface area contributed by atoms with Crippen LogP contribution in [0.15, 0.2) is 6.07 Å². The van der Waals surface area contributed by atoms with Crippen LogP contribution < -0.4 is 10.2 Å². The first-order valence-corrected chi connectivity index (χ1v) is 9.04. The van der Waals surface area contributed by atoms with Gasteiger partial charge in [0.1, 0.15) is 12.2 Å². The molecule has 0 aromatic carbocycles. The molecule has 0 saturated heterocycles. The van der Waals surface area contributed by atoms with Gasteiger partial charge < -0.3 is 10.2 Å². The molecular weight excluding hydrogens is 397 g/mol. The van der Waals surface area contributed by atoms with Crippen molar-refractivity contribution >= 4 is 23.3 Å². The number of nitrogens with zero attached hydrogens (tertiary/aromatic N) is 5. The van der Waals surface area contributed by atoms with E-state index in [-0.39, 0.29) is 34.9 Å². The normalized spacial score (nSPS) is 11.8. The fourth-order valence-corrected chi connectivity index (χ4v) is 2.94. The topological polar surface area (TPSA) is 75.9 Å². The lowest BCUT2D eigenvalue weighted by atomic mass is 10.1. The van der Waals surface area contributed by atoms with Crippen LogP contribution in [0.3, 0.4) is 0 Å². The van der Waals surface area contributed by atoms with Crippen LogP contribution in [0.25, 0.3) is 5.69 Å². The molecule has 1 amide bonds. The molecule has 11 heteroatoms. The molecule has 0 bridgehead atoms. The van der Waals surface area contributed by atoms with Crippen molar-refractivity contribution < 1.29 is 18.0 Å². The number of amides is 1. The molecule has 28 heavy (non-hydrogen) atoms. The third-order valence-corrected chi connectivity index (χ3v) is 4.23. The number of hydrogen-bond acceptors (Lipinski definition) is 5. The van der Waals surface area contributed by atoms with Crippen LogP contribution in [0, 0.1) is 6.92 Å². The summed E-state index contributed by atoms with van der Waals surface area (Å²) in [6, 6.07) is 1.82. The largest absolute Gasteiger partial charge is 0.405 e. The molecule has 1 N–H and O–H groups in total. The third-order valence-electron chi connectivity index (χ3n) is 3.97. The SMILES string of the molecule is CCN(CC(F)(F)F)c1nc(C(=O)NC)nc(Cl)c1-n1nc(C)cc1C(C)C. The van der Waals surface area contributed by atoms with Crippen LogP contribution in [0.2, 0.25) is 5.15 Å². The van der Waals surface area contributed by atoms with E-state index in [2.05, 4.69) is 20.4 Å². The maximum atomic E-state index is 13.1. The van der Waals surface area contributed by atoms with Crippen molar-refractivity contribution in [2.24, 2.45) is 0 Å². The van der Waals surface area contributed by atoms with Gasteiger partial charge in [0.15, 0.2) is 11.0 Å². The molecule has 0 radical (unpaired) electrons. The number of aryl methyl sites for hydroxylation is 1. The number of hydrogen-bond donors (Lipinski definition) is 1. The first-order chi connectivity index (χ1) is 13.0. The van der Waals surface area contributed by atoms with Gasteiger partial charge in [-0.15, -0.1) is 0 Å². The maximum absolute atomic E-state index is 13.1. The number of carbonyl (C=O) groups excluding carboxylic acids is 1. The lowest BCUT2D eigenvalue weighted by molar-refractivity contribution is -0.119. The van der Waals surface area contributed by atoms with Gasteiger partial charge in [-0.2, -0.15) is 18.3 Å². The predicted octanol–water partition coefficient (Wildman–Crippen LogP) is 3.50. The van der Waals surface area contributed by atoms with Crippen molar-refractivity contribution in [2.45, 2.75) is 39.8 Å². The fraction of sp³-hybridized carbons (Fsp3) is 0.529. The van der Waals surface area contributed by atoms with Crippen molar-refractivity contribution in [2.75, 3.05) is 25.0 Å². The zero-order chi connectivity index (χ0) is 21.2. The van der Waals surface area contributed by atoms with E-state index in [1.54, 1.807) is 13.8 Å². The van der Waals surface area contributed by atoms with Gasteiger partial charge in [0, 0.05) is 19.3 Å². The summed E-state index contributed by atoms with van der Waals surface area (Å²) in [4.78, 5) is 21.1. The average Bonchev–Trinajstić information content (AvgIpc) is 2.99. The maximum Gasteiger partial charge on any atom is 0.405 e. The monoisotopic (exact) mass is 418 g/mol. The summed E-state index contributed by atoms with van der Waals surface area (Å²) in [7, 11) is 1.37. The van der Waals surface area contributed by atoms with Crippen LogP contribution in [0.1, 0.15) is 48.7 Å². The summed E-state index contributed by atoms with van der Waals surface area (Å²) in [5.74, 6) is -1.06. The summed E-state index contributed by atoms with van der Waals surface area (Å²) in [5.41, 5.74) is 1.51. The van der Waals surface area contributed by atoms with Crippen LogP contribution in [-0.4, -0.2) is 52.0 Å². The van der Waals surface area contributed by atoms with E-state index in [4.69, 9.17) is 11.6 Å². The Labute approximate surface area is 165 Å². The Bertz CT molecular complexity index is 865. The summed E-state index contributed by atoms with van der Waals surface area (Å²) >= 11 is 6.33. The molecule has 7 nitrogen and oxygen atoms in total. The number of halogens is 4. The quantitative estimate of drug-likeness (QED) is 0.727. The molecule has 0 fully saturated rings. The molecule has 0 saturated carbocycles. The highest BCUT2D eigenvalue weighted by atomic mass is 35.5. The van der Waals surface area contributed by atoms with Gasteiger partial charge in [0.2, 0.25) is 5.82 Å². The summed E-state index contributed by atoms with van der Waals surface area (Å²) in [6.45, 7) is 5.91. The predicted molar refractivity (Wildman–Crippen MR) is 100 cm³/mol. The Balaban J connectivity index is 2.79. The Morgan fingerprint density at radius 3 is 2.50 bits per heavy atom. The second-order valence-corrected chi connectivity index (χ2v) is 6.85. The van der Waals surface area contributed by atoms with Crippen LogP contribution in [0.4, 0.5) is 19.0 Å². The van der Waals surface area contributed by atoms with Gasteiger partial charge in [-0.1, -0.05) is 25.4 Å². The van der Waals surface area contributed by atoms with E-state index in [0.717, 1.165) is 10.6 Å². The van der Waals surface area contributed by atoms with E-state index in [1.165, 1.54) is 11.7 Å². The number of nitrogens with one attached hydrogen (secondary N) is 1. The van der Waals surface area contributed by atoms with E-state index < -0.39 is 18.6 Å². The molecule has 0 spiro atoms. The fourth-order valence-electron chi connectivity index (χ4n) is 2.70. The molecule has 0 aliphatic carbocycles. The van der Waals surface area contributed by atoms with Crippen molar-refractivity contribution in [3.63, 3.8) is 0 Å². The first-order valence-electron chi connectivity index (χ1n) is 8.66. The number of aromatic nitrogens is 4. The zero-order valence-electron chi connectivity index (χ0n) is 16.2. The zero-order valence-corrected chi connectivity index (χ0v) is 17.0. The van der Waals surface area contributed by atoms with Crippen LogP contribution >= 0.6 is 11.6 Å². The minimum absolute atomic E-state index is 0.00962. The summed E-state index contributed by atoms with van der Waals surface area (Å²) in [6.07, 6.45) is -4.47. The second-order valence-electron chi connectivity index (χ2n) is 6.50. The highest BCUT2D eigenvalue weighted by Gasteiger charge is 2.34. The molecule has 2 aromatic heterocycles. The van der Waals surface area contributed by atoms with E-state index >= 15 is 0 Å². The Hall–Kier alpha value is -2.36. The van der Waals surface area contributed by atoms with E-state index in [0.29, 0.717) is 5.69 Å². The Kier molecular flexibility index (Phi) is 6.53. The molecule has 154 valence electrons. The molecule has 0 atom stereocenters. The molecule has 0 aliphatic heterocycles. The summed E-state index contributed by atoms with van der Waals surface area (Å²) in [5, 5.41) is 6.57. The average molecular weight is 419 g/mol.